The second-order valence-electron chi connectivity index (χ2n) is 3.14. The van der Waals surface area contributed by atoms with Crippen LogP contribution in [0, 0.1) is 0 Å². The molecule has 90 valence electrons. The number of carbonyl (C=O) groups excluding carboxylic acids is 1. The van der Waals surface area contributed by atoms with Crippen molar-refractivity contribution in [2.45, 2.75) is 26.2 Å². The quantitative estimate of drug-likeness (QED) is 0.407. The summed E-state index contributed by atoms with van der Waals surface area (Å²) in [6.45, 7) is 4.38. The number of hydrogen-bond donors (Lipinski definition) is 2. The summed E-state index contributed by atoms with van der Waals surface area (Å²) in [6, 6.07) is 0. The SMILES string of the molecule is CCCCC(=O)NCCOCCOCN. The molecule has 0 aromatic carbocycles. The van der Waals surface area contributed by atoms with E-state index in [1.165, 1.54) is 0 Å². The van der Waals surface area contributed by atoms with Crippen molar-refractivity contribution in [1.29, 1.82) is 0 Å². The molecular formula is C10H22N2O3. The van der Waals surface area contributed by atoms with Crippen LogP contribution in [0.4, 0.5) is 0 Å². The lowest BCUT2D eigenvalue weighted by molar-refractivity contribution is -0.121. The molecule has 0 saturated carbocycles. The van der Waals surface area contributed by atoms with Crippen LogP contribution in [0.25, 0.3) is 0 Å². The summed E-state index contributed by atoms with van der Waals surface area (Å²) >= 11 is 0. The first-order chi connectivity index (χ1) is 7.31. The molecule has 0 heterocycles. The van der Waals surface area contributed by atoms with Crippen molar-refractivity contribution in [3.05, 3.63) is 0 Å². The van der Waals surface area contributed by atoms with Crippen molar-refractivity contribution in [1.82, 2.24) is 5.32 Å². The maximum Gasteiger partial charge on any atom is 0.220 e. The molecule has 0 bridgehead atoms. The fourth-order valence-corrected chi connectivity index (χ4v) is 0.992. The van der Waals surface area contributed by atoms with Gasteiger partial charge in [0.1, 0.15) is 0 Å². The van der Waals surface area contributed by atoms with Gasteiger partial charge in [-0.3, -0.25) is 4.79 Å². The van der Waals surface area contributed by atoms with Gasteiger partial charge in [-0.05, 0) is 6.42 Å². The summed E-state index contributed by atoms with van der Waals surface area (Å²) in [5.74, 6) is 0.0960. The van der Waals surface area contributed by atoms with Gasteiger partial charge in [0.15, 0.2) is 0 Å². The zero-order valence-electron chi connectivity index (χ0n) is 9.46. The molecule has 0 aromatic heterocycles. The van der Waals surface area contributed by atoms with Gasteiger partial charge in [0.25, 0.3) is 0 Å². The zero-order chi connectivity index (χ0) is 11.4. The predicted octanol–water partition coefficient (Wildman–Crippen LogP) is 0.242. The second kappa shape index (κ2) is 11.4. The van der Waals surface area contributed by atoms with Crippen LogP contribution in [0.3, 0.4) is 0 Å². The molecular weight excluding hydrogens is 196 g/mol. The third kappa shape index (κ3) is 11.3. The molecule has 0 radical (unpaired) electrons. The molecule has 3 N–H and O–H groups in total. The normalized spacial score (nSPS) is 10.3. The van der Waals surface area contributed by atoms with Crippen LogP contribution in [0.5, 0.6) is 0 Å². The van der Waals surface area contributed by atoms with Gasteiger partial charge in [-0.25, -0.2) is 0 Å². The summed E-state index contributed by atoms with van der Waals surface area (Å²) in [4.78, 5) is 11.1. The number of carbonyl (C=O) groups is 1. The molecule has 0 spiro atoms. The topological polar surface area (TPSA) is 73.6 Å². The first-order valence-corrected chi connectivity index (χ1v) is 5.43. The van der Waals surface area contributed by atoms with Crippen LogP contribution in [0.2, 0.25) is 0 Å². The van der Waals surface area contributed by atoms with Crippen molar-refractivity contribution in [2.24, 2.45) is 5.73 Å². The summed E-state index contributed by atoms with van der Waals surface area (Å²) < 4.78 is 10.1. The van der Waals surface area contributed by atoms with Crippen molar-refractivity contribution in [3.8, 4) is 0 Å². The average Bonchev–Trinajstić information content (AvgIpc) is 2.25. The Morgan fingerprint density at radius 1 is 1.27 bits per heavy atom. The summed E-state index contributed by atoms with van der Waals surface area (Å²) in [5.41, 5.74) is 5.12. The van der Waals surface area contributed by atoms with Gasteiger partial charge in [0.2, 0.25) is 5.91 Å². The molecule has 0 aliphatic heterocycles. The third-order valence-electron chi connectivity index (χ3n) is 1.82. The number of hydrogen-bond acceptors (Lipinski definition) is 4. The number of unbranched alkanes of at least 4 members (excludes halogenated alkanes) is 1. The van der Waals surface area contributed by atoms with Gasteiger partial charge in [0, 0.05) is 13.0 Å². The van der Waals surface area contributed by atoms with Gasteiger partial charge in [-0.15, -0.1) is 0 Å². The minimum Gasteiger partial charge on any atom is -0.377 e. The van der Waals surface area contributed by atoms with Crippen LogP contribution < -0.4 is 11.1 Å². The number of rotatable bonds is 10. The first-order valence-electron chi connectivity index (χ1n) is 5.43. The molecule has 0 saturated heterocycles. The second-order valence-corrected chi connectivity index (χ2v) is 3.14. The van der Waals surface area contributed by atoms with E-state index in [-0.39, 0.29) is 12.6 Å². The average molecular weight is 218 g/mol. The highest BCUT2D eigenvalue weighted by molar-refractivity contribution is 5.75. The Kier molecular flexibility index (Phi) is 10.9. The highest BCUT2D eigenvalue weighted by atomic mass is 16.5. The van der Waals surface area contributed by atoms with Crippen molar-refractivity contribution in [3.63, 3.8) is 0 Å². The van der Waals surface area contributed by atoms with Gasteiger partial charge in [-0.2, -0.15) is 0 Å². The number of nitrogens with one attached hydrogen (secondary N) is 1. The Bertz CT molecular complexity index is 154. The Hall–Kier alpha value is -0.650. The number of ether oxygens (including phenoxy) is 2. The molecule has 0 aliphatic rings. The molecule has 0 unspecified atom stereocenters. The van der Waals surface area contributed by atoms with Gasteiger partial charge >= 0.3 is 0 Å². The van der Waals surface area contributed by atoms with E-state index in [0.29, 0.717) is 32.8 Å². The van der Waals surface area contributed by atoms with Gasteiger partial charge < -0.3 is 20.5 Å². The van der Waals surface area contributed by atoms with Crippen LogP contribution in [0.15, 0.2) is 0 Å². The summed E-state index contributed by atoms with van der Waals surface area (Å²) in [7, 11) is 0. The van der Waals surface area contributed by atoms with E-state index in [1.54, 1.807) is 0 Å². The minimum absolute atomic E-state index is 0.0960. The summed E-state index contributed by atoms with van der Waals surface area (Å²) in [6.07, 6.45) is 2.59. The van der Waals surface area contributed by atoms with E-state index in [9.17, 15) is 4.79 Å². The van der Waals surface area contributed by atoms with Crippen LogP contribution in [-0.2, 0) is 14.3 Å². The first kappa shape index (κ1) is 14.3. The van der Waals surface area contributed by atoms with E-state index in [0.717, 1.165) is 12.8 Å². The highest BCUT2D eigenvalue weighted by Gasteiger charge is 1.98. The summed E-state index contributed by atoms with van der Waals surface area (Å²) in [5, 5.41) is 2.78. The van der Waals surface area contributed by atoms with Crippen LogP contribution in [0.1, 0.15) is 26.2 Å². The molecule has 0 atom stereocenters. The van der Waals surface area contributed by atoms with Crippen LogP contribution >= 0.6 is 0 Å². The lowest BCUT2D eigenvalue weighted by Crippen LogP contribution is -2.27. The van der Waals surface area contributed by atoms with Crippen LogP contribution in [-0.4, -0.2) is 39.0 Å². The largest absolute Gasteiger partial charge is 0.377 e. The Morgan fingerprint density at radius 2 is 2.00 bits per heavy atom. The maximum atomic E-state index is 11.1. The number of nitrogens with two attached hydrogens (primary N) is 1. The lowest BCUT2D eigenvalue weighted by atomic mass is 10.2. The van der Waals surface area contributed by atoms with E-state index in [2.05, 4.69) is 12.2 Å². The molecule has 1 amide bonds. The Labute approximate surface area is 91.3 Å². The van der Waals surface area contributed by atoms with Crippen molar-refractivity contribution in [2.75, 3.05) is 33.1 Å². The van der Waals surface area contributed by atoms with E-state index in [4.69, 9.17) is 15.2 Å². The monoisotopic (exact) mass is 218 g/mol. The van der Waals surface area contributed by atoms with E-state index < -0.39 is 0 Å². The molecule has 5 heteroatoms. The van der Waals surface area contributed by atoms with Gasteiger partial charge in [0.05, 0.1) is 26.6 Å². The molecule has 0 rings (SSSR count). The predicted molar refractivity (Wildman–Crippen MR) is 58.4 cm³/mol. The van der Waals surface area contributed by atoms with Crippen molar-refractivity contribution < 1.29 is 14.3 Å². The fraction of sp³-hybridized carbons (Fsp3) is 0.900. The van der Waals surface area contributed by atoms with Crippen molar-refractivity contribution >= 4 is 5.91 Å². The van der Waals surface area contributed by atoms with E-state index in [1.807, 2.05) is 0 Å². The zero-order valence-corrected chi connectivity index (χ0v) is 9.46. The molecule has 15 heavy (non-hydrogen) atoms. The maximum absolute atomic E-state index is 11.1. The van der Waals surface area contributed by atoms with Gasteiger partial charge in [-0.1, -0.05) is 13.3 Å². The molecule has 0 aliphatic carbocycles. The Balaban J connectivity index is 3.06. The standard InChI is InChI=1S/C10H22N2O3/c1-2-3-4-10(13)12-5-6-14-7-8-15-9-11/h2-9,11H2,1H3,(H,12,13). The highest BCUT2D eigenvalue weighted by Crippen LogP contribution is 1.92. The number of amides is 1. The Morgan fingerprint density at radius 3 is 2.67 bits per heavy atom. The molecule has 0 aromatic rings. The molecule has 0 fully saturated rings. The fourth-order valence-electron chi connectivity index (χ4n) is 0.992. The lowest BCUT2D eigenvalue weighted by Gasteiger charge is -2.06. The smallest absolute Gasteiger partial charge is 0.220 e. The minimum atomic E-state index is 0.0960. The third-order valence-corrected chi connectivity index (χ3v) is 1.82. The molecule has 5 nitrogen and oxygen atoms in total. The van der Waals surface area contributed by atoms with E-state index >= 15 is 0 Å².